The van der Waals surface area contributed by atoms with Crippen molar-refractivity contribution in [3.8, 4) is 0 Å². The molecule has 0 bridgehead atoms. The van der Waals surface area contributed by atoms with E-state index in [4.69, 9.17) is 5.11 Å². The number of rotatable bonds is 4. The van der Waals surface area contributed by atoms with Gasteiger partial charge in [0.15, 0.2) is 5.78 Å². The molecule has 1 N–H and O–H groups in total. The van der Waals surface area contributed by atoms with Crippen LogP contribution in [0.3, 0.4) is 0 Å². The molecule has 1 aromatic carbocycles. The zero-order valence-electron chi connectivity index (χ0n) is 8.91. The summed E-state index contributed by atoms with van der Waals surface area (Å²) in [6, 6.07) is 4.88. The van der Waals surface area contributed by atoms with E-state index in [1.165, 1.54) is 6.07 Å². The lowest BCUT2D eigenvalue weighted by Crippen LogP contribution is -2.10. The molecule has 15 heavy (non-hydrogen) atoms. The van der Waals surface area contributed by atoms with Crippen LogP contribution >= 0.6 is 0 Å². The number of aryl methyl sites for hydroxylation is 1. The summed E-state index contributed by atoms with van der Waals surface area (Å²) in [4.78, 5) is 22.7. The maximum atomic E-state index is 11.7. The Morgan fingerprint density at radius 1 is 1.33 bits per heavy atom. The van der Waals surface area contributed by atoms with Crippen LogP contribution in [0.2, 0.25) is 0 Å². The Kier molecular flexibility index (Phi) is 3.61. The minimum atomic E-state index is -1.04. The highest BCUT2D eigenvalue weighted by molar-refractivity contribution is 6.06. The number of carbonyl (C=O) groups is 2. The van der Waals surface area contributed by atoms with Gasteiger partial charge in [-0.15, -0.1) is 0 Å². The Hall–Kier alpha value is -1.64. The molecule has 0 aliphatic rings. The molecule has 0 radical (unpaired) electrons. The Bertz CT molecular complexity index is 394. The molecule has 80 valence electrons. The molecule has 0 saturated heterocycles. The van der Waals surface area contributed by atoms with Gasteiger partial charge < -0.3 is 5.11 Å². The number of benzene rings is 1. The van der Waals surface area contributed by atoms with Gasteiger partial charge >= 0.3 is 5.97 Å². The number of aromatic carboxylic acids is 1. The van der Waals surface area contributed by atoms with E-state index < -0.39 is 5.97 Å². The lowest BCUT2D eigenvalue weighted by Gasteiger charge is -2.07. The quantitative estimate of drug-likeness (QED) is 0.770. The van der Waals surface area contributed by atoms with E-state index in [-0.39, 0.29) is 11.3 Å². The fourth-order valence-corrected chi connectivity index (χ4v) is 1.57. The molecule has 1 aromatic rings. The second-order valence-corrected chi connectivity index (χ2v) is 3.48. The van der Waals surface area contributed by atoms with Crippen LogP contribution in [0, 0.1) is 6.92 Å². The Labute approximate surface area is 88.7 Å². The molecule has 0 atom stereocenters. The van der Waals surface area contributed by atoms with Crippen molar-refractivity contribution in [1.29, 1.82) is 0 Å². The number of carboxylic acid groups (broad SMARTS) is 1. The van der Waals surface area contributed by atoms with E-state index in [2.05, 4.69) is 0 Å². The number of carbonyl (C=O) groups excluding carboxylic acids is 1. The number of Topliss-reactive ketones (excluding diaryl/α,β-unsaturated/α-hetero) is 1. The van der Waals surface area contributed by atoms with Crippen molar-refractivity contribution in [1.82, 2.24) is 0 Å². The Morgan fingerprint density at radius 3 is 2.53 bits per heavy atom. The van der Waals surface area contributed by atoms with Crippen LogP contribution in [0.15, 0.2) is 18.2 Å². The Balaban J connectivity index is 3.24. The molecule has 0 aliphatic carbocycles. The molecule has 0 aliphatic heterocycles. The topological polar surface area (TPSA) is 54.4 Å². The highest BCUT2D eigenvalue weighted by atomic mass is 16.4. The predicted molar refractivity (Wildman–Crippen MR) is 57.4 cm³/mol. The highest BCUT2D eigenvalue weighted by Crippen LogP contribution is 2.17. The summed E-state index contributed by atoms with van der Waals surface area (Å²) >= 11 is 0. The van der Waals surface area contributed by atoms with Gasteiger partial charge in [-0.1, -0.05) is 19.1 Å². The average Bonchev–Trinajstić information content (AvgIpc) is 2.17. The van der Waals surface area contributed by atoms with Gasteiger partial charge in [-0.25, -0.2) is 4.79 Å². The molecular weight excluding hydrogens is 192 g/mol. The highest BCUT2D eigenvalue weighted by Gasteiger charge is 2.17. The largest absolute Gasteiger partial charge is 0.478 e. The number of hydrogen-bond donors (Lipinski definition) is 1. The third-order valence-corrected chi connectivity index (χ3v) is 2.26. The first-order chi connectivity index (χ1) is 7.07. The summed E-state index contributed by atoms with van der Waals surface area (Å²) in [5.74, 6) is -1.13. The van der Waals surface area contributed by atoms with Crippen LogP contribution in [-0.4, -0.2) is 16.9 Å². The van der Waals surface area contributed by atoms with Gasteiger partial charge in [0.2, 0.25) is 0 Å². The molecule has 0 spiro atoms. The SMILES string of the molecule is CCCC(=O)c1c(C)cccc1C(=O)O. The third-order valence-electron chi connectivity index (χ3n) is 2.26. The molecule has 0 unspecified atom stereocenters. The molecule has 3 heteroatoms. The third kappa shape index (κ3) is 2.43. The molecule has 3 nitrogen and oxygen atoms in total. The van der Waals surface area contributed by atoms with Crippen LogP contribution in [-0.2, 0) is 0 Å². The maximum Gasteiger partial charge on any atom is 0.336 e. The zero-order chi connectivity index (χ0) is 11.4. The normalized spacial score (nSPS) is 10.0. The number of hydrogen-bond acceptors (Lipinski definition) is 2. The summed E-state index contributed by atoms with van der Waals surface area (Å²) in [6.45, 7) is 3.66. The molecule has 0 heterocycles. The number of carboxylic acids is 1. The van der Waals surface area contributed by atoms with E-state index in [9.17, 15) is 9.59 Å². The van der Waals surface area contributed by atoms with Gasteiger partial charge in [0.05, 0.1) is 5.56 Å². The summed E-state index contributed by atoms with van der Waals surface area (Å²) in [7, 11) is 0. The predicted octanol–water partition coefficient (Wildman–Crippen LogP) is 2.68. The van der Waals surface area contributed by atoms with Crippen molar-refractivity contribution in [3.63, 3.8) is 0 Å². The minimum absolute atomic E-state index is 0.0898. The summed E-state index contributed by atoms with van der Waals surface area (Å²) in [6.07, 6.45) is 1.12. The second-order valence-electron chi connectivity index (χ2n) is 3.48. The fourth-order valence-electron chi connectivity index (χ4n) is 1.57. The summed E-state index contributed by atoms with van der Waals surface area (Å²) < 4.78 is 0. The van der Waals surface area contributed by atoms with E-state index in [1.807, 2.05) is 6.92 Å². The second kappa shape index (κ2) is 4.73. The van der Waals surface area contributed by atoms with E-state index in [0.29, 0.717) is 12.0 Å². The molecule has 0 saturated carbocycles. The van der Waals surface area contributed by atoms with Gasteiger partial charge in [0.25, 0.3) is 0 Å². The molecular formula is C12H14O3. The fraction of sp³-hybridized carbons (Fsp3) is 0.333. The van der Waals surface area contributed by atoms with Crippen LogP contribution in [0.1, 0.15) is 46.0 Å². The van der Waals surface area contributed by atoms with Gasteiger partial charge in [0, 0.05) is 12.0 Å². The first-order valence-electron chi connectivity index (χ1n) is 4.94. The van der Waals surface area contributed by atoms with Crippen molar-refractivity contribution >= 4 is 11.8 Å². The Morgan fingerprint density at radius 2 is 2.00 bits per heavy atom. The van der Waals surface area contributed by atoms with Crippen LogP contribution < -0.4 is 0 Å². The number of ketones is 1. The van der Waals surface area contributed by atoms with Crippen molar-refractivity contribution in [2.75, 3.05) is 0 Å². The van der Waals surface area contributed by atoms with Crippen molar-refractivity contribution in [2.45, 2.75) is 26.7 Å². The summed E-state index contributed by atoms with van der Waals surface area (Å²) in [5, 5.41) is 8.95. The monoisotopic (exact) mass is 206 g/mol. The minimum Gasteiger partial charge on any atom is -0.478 e. The molecule has 0 amide bonds. The zero-order valence-corrected chi connectivity index (χ0v) is 8.91. The van der Waals surface area contributed by atoms with Gasteiger partial charge in [-0.05, 0) is 25.0 Å². The van der Waals surface area contributed by atoms with E-state index in [0.717, 1.165) is 12.0 Å². The molecule has 0 aromatic heterocycles. The van der Waals surface area contributed by atoms with Crippen LogP contribution in [0.4, 0.5) is 0 Å². The van der Waals surface area contributed by atoms with Gasteiger partial charge in [-0.2, -0.15) is 0 Å². The van der Waals surface area contributed by atoms with E-state index in [1.54, 1.807) is 19.1 Å². The van der Waals surface area contributed by atoms with Crippen LogP contribution in [0.5, 0.6) is 0 Å². The smallest absolute Gasteiger partial charge is 0.336 e. The lowest BCUT2D eigenvalue weighted by molar-refractivity contribution is 0.0691. The van der Waals surface area contributed by atoms with Crippen molar-refractivity contribution in [2.24, 2.45) is 0 Å². The van der Waals surface area contributed by atoms with Gasteiger partial charge in [0.1, 0.15) is 0 Å². The van der Waals surface area contributed by atoms with Crippen molar-refractivity contribution in [3.05, 3.63) is 34.9 Å². The first kappa shape index (κ1) is 11.4. The lowest BCUT2D eigenvalue weighted by atomic mass is 9.96. The average molecular weight is 206 g/mol. The molecule has 1 rings (SSSR count). The summed E-state index contributed by atoms with van der Waals surface area (Å²) in [5.41, 5.74) is 1.19. The van der Waals surface area contributed by atoms with Gasteiger partial charge in [-0.3, -0.25) is 4.79 Å². The van der Waals surface area contributed by atoms with Crippen molar-refractivity contribution < 1.29 is 14.7 Å². The first-order valence-corrected chi connectivity index (χ1v) is 4.94. The molecule has 0 fully saturated rings. The maximum absolute atomic E-state index is 11.7. The van der Waals surface area contributed by atoms with Crippen LogP contribution in [0.25, 0.3) is 0 Å². The van der Waals surface area contributed by atoms with E-state index >= 15 is 0 Å². The standard InChI is InChI=1S/C12H14O3/c1-3-5-10(13)11-8(2)6-4-7-9(11)12(14)15/h4,6-7H,3,5H2,1-2H3,(H,14,15).